The van der Waals surface area contributed by atoms with Crippen molar-refractivity contribution in [3.05, 3.63) is 44.6 Å². The predicted molar refractivity (Wildman–Crippen MR) is 74.9 cm³/mol. The van der Waals surface area contributed by atoms with E-state index in [9.17, 15) is 0 Å². The van der Waals surface area contributed by atoms with E-state index in [1.165, 1.54) is 10.4 Å². The summed E-state index contributed by atoms with van der Waals surface area (Å²) < 4.78 is 1.15. The molecular formula is C12H13BrN2S. The van der Waals surface area contributed by atoms with Crippen LogP contribution < -0.4 is 11.1 Å². The SMILES string of the molecule is Cc1ccc(N)c(NCc2sccc2Br)c1. The Bertz CT molecular complexity index is 494. The van der Waals surface area contributed by atoms with Gasteiger partial charge >= 0.3 is 0 Å². The van der Waals surface area contributed by atoms with Crippen LogP contribution in [0.2, 0.25) is 0 Å². The molecule has 0 aliphatic rings. The number of halogens is 1. The van der Waals surface area contributed by atoms with E-state index in [0.717, 1.165) is 22.4 Å². The fourth-order valence-electron chi connectivity index (χ4n) is 1.45. The number of nitrogens with two attached hydrogens (primary N) is 1. The second-order valence-corrected chi connectivity index (χ2v) is 5.49. The van der Waals surface area contributed by atoms with Crippen molar-refractivity contribution in [3.63, 3.8) is 0 Å². The lowest BCUT2D eigenvalue weighted by molar-refractivity contribution is 1.18. The van der Waals surface area contributed by atoms with Gasteiger partial charge in [0.05, 0.1) is 17.9 Å². The van der Waals surface area contributed by atoms with Crippen LogP contribution in [0, 0.1) is 6.92 Å². The minimum atomic E-state index is 0.790. The molecule has 0 radical (unpaired) electrons. The van der Waals surface area contributed by atoms with Crippen molar-refractivity contribution in [2.45, 2.75) is 13.5 Å². The summed E-state index contributed by atoms with van der Waals surface area (Å²) in [6.45, 7) is 2.86. The fraction of sp³-hybridized carbons (Fsp3) is 0.167. The number of thiophene rings is 1. The number of hydrogen-bond acceptors (Lipinski definition) is 3. The smallest absolute Gasteiger partial charge is 0.0579 e. The zero-order chi connectivity index (χ0) is 11.5. The molecule has 0 atom stereocenters. The molecule has 0 unspecified atom stereocenters. The molecule has 1 heterocycles. The summed E-state index contributed by atoms with van der Waals surface area (Å²) in [6.07, 6.45) is 0. The molecule has 0 aliphatic heterocycles. The molecule has 0 aliphatic carbocycles. The number of hydrogen-bond donors (Lipinski definition) is 2. The van der Waals surface area contributed by atoms with Gasteiger partial charge in [-0.15, -0.1) is 11.3 Å². The molecule has 0 spiro atoms. The lowest BCUT2D eigenvalue weighted by atomic mass is 10.2. The molecule has 0 saturated heterocycles. The summed E-state index contributed by atoms with van der Waals surface area (Å²) in [5, 5.41) is 5.42. The van der Waals surface area contributed by atoms with Gasteiger partial charge in [0.15, 0.2) is 0 Å². The molecule has 2 rings (SSSR count). The molecule has 0 fully saturated rings. The number of anilines is 2. The van der Waals surface area contributed by atoms with Crippen molar-refractivity contribution in [3.8, 4) is 0 Å². The molecule has 0 saturated carbocycles. The maximum absolute atomic E-state index is 5.90. The Morgan fingerprint density at radius 3 is 2.88 bits per heavy atom. The van der Waals surface area contributed by atoms with Crippen molar-refractivity contribution < 1.29 is 0 Å². The maximum atomic E-state index is 5.90. The molecule has 0 bridgehead atoms. The molecule has 2 nitrogen and oxygen atoms in total. The summed E-state index contributed by atoms with van der Waals surface area (Å²) in [5.74, 6) is 0. The van der Waals surface area contributed by atoms with Gasteiger partial charge in [0.1, 0.15) is 0 Å². The van der Waals surface area contributed by atoms with E-state index in [1.54, 1.807) is 11.3 Å². The van der Waals surface area contributed by atoms with Crippen LogP contribution in [-0.4, -0.2) is 0 Å². The molecule has 1 aromatic carbocycles. The van der Waals surface area contributed by atoms with Gasteiger partial charge in [-0.05, 0) is 52.0 Å². The molecular weight excluding hydrogens is 284 g/mol. The zero-order valence-electron chi connectivity index (χ0n) is 8.96. The first-order valence-corrected chi connectivity index (χ1v) is 6.66. The van der Waals surface area contributed by atoms with Gasteiger partial charge in [0.25, 0.3) is 0 Å². The Labute approximate surface area is 108 Å². The van der Waals surface area contributed by atoms with Crippen molar-refractivity contribution in [1.82, 2.24) is 0 Å². The Morgan fingerprint density at radius 1 is 1.38 bits per heavy atom. The zero-order valence-corrected chi connectivity index (χ0v) is 11.4. The highest BCUT2D eigenvalue weighted by Crippen LogP contribution is 2.25. The van der Waals surface area contributed by atoms with E-state index in [2.05, 4.69) is 45.7 Å². The molecule has 3 N–H and O–H groups in total. The lowest BCUT2D eigenvalue weighted by Gasteiger charge is -2.09. The van der Waals surface area contributed by atoms with E-state index >= 15 is 0 Å². The van der Waals surface area contributed by atoms with E-state index in [4.69, 9.17) is 5.73 Å². The van der Waals surface area contributed by atoms with Crippen molar-refractivity contribution in [2.75, 3.05) is 11.1 Å². The van der Waals surface area contributed by atoms with Gasteiger partial charge in [-0.25, -0.2) is 0 Å². The first-order chi connectivity index (χ1) is 7.66. The first-order valence-electron chi connectivity index (χ1n) is 4.98. The van der Waals surface area contributed by atoms with Crippen LogP contribution in [0.25, 0.3) is 0 Å². The van der Waals surface area contributed by atoms with E-state index in [0.29, 0.717) is 0 Å². The standard InChI is InChI=1S/C12H13BrN2S/c1-8-2-3-10(14)11(6-8)15-7-12-9(13)4-5-16-12/h2-6,15H,7,14H2,1H3. The quantitative estimate of drug-likeness (QED) is 0.840. The van der Waals surface area contributed by atoms with Crippen LogP contribution in [0.5, 0.6) is 0 Å². The van der Waals surface area contributed by atoms with Crippen LogP contribution in [0.1, 0.15) is 10.4 Å². The van der Waals surface area contributed by atoms with Gasteiger partial charge in [-0.2, -0.15) is 0 Å². The number of benzene rings is 1. The average molecular weight is 297 g/mol. The fourth-order valence-corrected chi connectivity index (χ4v) is 2.88. The van der Waals surface area contributed by atoms with Crippen LogP contribution in [0.4, 0.5) is 11.4 Å². The highest BCUT2D eigenvalue weighted by atomic mass is 79.9. The van der Waals surface area contributed by atoms with Crippen LogP contribution >= 0.6 is 27.3 Å². The summed E-state index contributed by atoms with van der Waals surface area (Å²) in [6, 6.07) is 8.07. The predicted octanol–water partition coefficient (Wildman–Crippen LogP) is 4.01. The van der Waals surface area contributed by atoms with Gasteiger partial charge in [-0.3, -0.25) is 0 Å². The number of aryl methyl sites for hydroxylation is 1. The Morgan fingerprint density at radius 2 is 2.19 bits per heavy atom. The second-order valence-electron chi connectivity index (χ2n) is 3.64. The molecule has 84 valence electrons. The van der Waals surface area contributed by atoms with Gasteiger partial charge in [0.2, 0.25) is 0 Å². The van der Waals surface area contributed by atoms with Gasteiger partial charge in [-0.1, -0.05) is 6.07 Å². The minimum Gasteiger partial charge on any atom is -0.397 e. The molecule has 16 heavy (non-hydrogen) atoms. The third-order valence-electron chi connectivity index (χ3n) is 2.34. The van der Waals surface area contributed by atoms with Crippen LogP contribution in [-0.2, 0) is 6.54 Å². The minimum absolute atomic E-state index is 0.790. The molecule has 4 heteroatoms. The van der Waals surface area contributed by atoms with E-state index in [1.807, 2.05) is 12.1 Å². The molecule has 2 aromatic rings. The van der Waals surface area contributed by atoms with Crippen LogP contribution in [0.3, 0.4) is 0 Å². The average Bonchev–Trinajstić information content (AvgIpc) is 2.66. The van der Waals surface area contributed by atoms with E-state index in [-0.39, 0.29) is 0 Å². The third kappa shape index (κ3) is 2.57. The Kier molecular flexibility index (Phi) is 3.51. The number of nitrogens with one attached hydrogen (secondary N) is 1. The monoisotopic (exact) mass is 296 g/mol. The highest BCUT2D eigenvalue weighted by Gasteiger charge is 2.03. The van der Waals surface area contributed by atoms with Gasteiger partial charge in [0, 0.05) is 9.35 Å². The first kappa shape index (κ1) is 11.5. The molecule has 0 amide bonds. The molecule has 1 aromatic heterocycles. The topological polar surface area (TPSA) is 38.0 Å². The van der Waals surface area contributed by atoms with E-state index < -0.39 is 0 Å². The summed E-state index contributed by atoms with van der Waals surface area (Å²) in [4.78, 5) is 1.28. The van der Waals surface area contributed by atoms with Crippen molar-refractivity contribution in [1.29, 1.82) is 0 Å². The Balaban J connectivity index is 2.10. The highest BCUT2D eigenvalue weighted by molar-refractivity contribution is 9.10. The van der Waals surface area contributed by atoms with Crippen LogP contribution in [0.15, 0.2) is 34.1 Å². The Hall–Kier alpha value is -1.00. The summed E-state index contributed by atoms with van der Waals surface area (Å²) in [7, 11) is 0. The maximum Gasteiger partial charge on any atom is 0.0579 e. The van der Waals surface area contributed by atoms with Crippen molar-refractivity contribution >= 4 is 38.6 Å². The normalized spacial score (nSPS) is 10.4. The number of nitrogen functional groups attached to an aromatic ring is 1. The number of rotatable bonds is 3. The third-order valence-corrected chi connectivity index (χ3v) is 4.27. The second kappa shape index (κ2) is 4.89. The van der Waals surface area contributed by atoms with Gasteiger partial charge < -0.3 is 11.1 Å². The lowest BCUT2D eigenvalue weighted by Crippen LogP contribution is -2.01. The van der Waals surface area contributed by atoms with Crippen molar-refractivity contribution in [2.24, 2.45) is 0 Å². The largest absolute Gasteiger partial charge is 0.397 e. The summed E-state index contributed by atoms with van der Waals surface area (Å²) >= 11 is 5.24. The summed E-state index contributed by atoms with van der Waals surface area (Å²) in [5.41, 5.74) is 8.90.